The summed E-state index contributed by atoms with van der Waals surface area (Å²) in [6, 6.07) is 11.9. The van der Waals surface area contributed by atoms with Crippen LogP contribution in [0.4, 0.5) is 43.2 Å². The van der Waals surface area contributed by atoms with Gasteiger partial charge in [-0.2, -0.15) is 0 Å². The van der Waals surface area contributed by atoms with Crippen molar-refractivity contribution in [1.82, 2.24) is 15.3 Å². The van der Waals surface area contributed by atoms with Gasteiger partial charge >= 0.3 is 0 Å². The molecule has 61 heavy (non-hydrogen) atoms. The number of aromatic nitrogens is 2. The van der Waals surface area contributed by atoms with Crippen molar-refractivity contribution in [2.24, 2.45) is 0 Å². The highest BCUT2D eigenvalue weighted by Crippen LogP contribution is 2.49. The Morgan fingerprint density at radius 1 is 0.705 bits per heavy atom. The van der Waals surface area contributed by atoms with Crippen molar-refractivity contribution in [3.8, 4) is 0 Å². The number of amides is 3. The minimum absolute atomic E-state index is 0. The molecule has 2 saturated carbocycles. The van der Waals surface area contributed by atoms with Crippen LogP contribution in [0.2, 0.25) is 0 Å². The zero-order valence-corrected chi connectivity index (χ0v) is 33.9. The normalized spacial score (nSPS) is 16.7. The first kappa shape index (κ1) is 45.5. The summed E-state index contributed by atoms with van der Waals surface area (Å²) in [6.07, 6.45) is 7.01. The molecule has 314 valence electrons. The van der Waals surface area contributed by atoms with E-state index in [1.54, 1.807) is 47.9 Å². The van der Waals surface area contributed by atoms with Crippen molar-refractivity contribution in [3.05, 3.63) is 118 Å². The van der Waals surface area contributed by atoms with E-state index in [0.717, 1.165) is 12.8 Å². The van der Waals surface area contributed by atoms with Gasteiger partial charge in [0.05, 0.1) is 22.5 Å². The summed E-state index contributed by atoms with van der Waals surface area (Å²) < 4.78 is 29.1. The maximum Gasteiger partial charge on any atom is 0.272 e. The van der Waals surface area contributed by atoms with Gasteiger partial charge in [-0.1, -0.05) is 28.0 Å². The molecule has 2 aliphatic heterocycles. The van der Waals surface area contributed by atoms with E-state index in [9.17, 15) is 28.0 Å². The Bertz CT molecular complexity index is 2620. The van der Waals surface area contributed by atoms with Gasteiger partial charge in [0.15, 0.2) is 16.0 Å². The summed E-state index contributed by atoms with van der Waals surface area (Å²) in [5.74, 6) is -2.06. The molecule has 2 aromatic carbocycles. The molecule has 0 unspecified atom stereocenters. The number of halogens is 2. The topological polar surface area (TPSA) is 128 Å². The molecular weight excluding hydrogens is 821 g/mol. The average Bonchev–Trinajstić information content (AvgIpc) is 3.56. The van der Waals surface area contributed by atoms with Crippen LogP contribution >= 0.6 is 24.4 Å². The molecule has 4 aromatic rings. The number of aryl methyl sites for hydroxylation is 2. The number of nitrogens with one attached hydrogen (secondary N) is 1. The predicted octanol–water partition coefficient (Wildman–Crippen LogP) is 9.12. The van der Waals surface area contributed by atoms with Crippen molar-refractivity contribution in [2.75, 3.05) is 26.6 Å². The molecule has 13 nitrogen and oxygen atoms in total. The smallest absolute Gasteiger partial charge is 0.272 e. The predicted molar refractivity (Wildman–Crippen MR) is 238 cm³/mol. The summed E-state index contributed by atoms with van der Waals surface area (Å²) in [5, 5.41) is 2.86. The molecule has 4 aliphatic rings. The van der Waals surface area contributed by atoms with Gasteiger partial charge in [0.2, 0.25) is 0 Å². The number of pyridine rings is 2. The van der Waals surface area contributed by atoms with Crippen molar-refractivity contribution < 1.29 is 28.0 Å². The summed E-state index contributed by atoms with van der Waals surface area (Å²) in [7, 11) is 1.43. The Hall–Kier alpha value is -6.56. The second-order valence-corrected chi connectivity index (χ2v) is 15.4. The van der Waals surface area contributed by atoms with E-state index in [-0.39, 0.29) is 65.4 Å². The highest BCUT2D eigenvalue weighted by atomic mass is 32.1. The number of hydrogen-bond acceptors (Lipinski definition) is 8. The van der Waals surface area contributed by atoms with E-state index in [0.29, 0.717) is 59.6 Å². The molecule has 1 N–H and O–H groups in total. The van der Waals surface area contributed by atoms with Crippen LogP contribution in [0, 0.1) is 38.6 Å². The minimum atomic E-state index is -0.871. The molecule has 2 aromatic heterocycles. The second-order valence-electron chi connectivity index (χ2n) is 14.6. The quantitative estimate of drug-likeness (QED) is 0.114. The fourth-order valence-electron chi connectivity index (χ4n) is 7.89. The molecule has 2 aliphatic carbocycles. The molecule has 4 fully saturated rings. The summed E-state index contributed by atoms with van der Waals surface area (Å²) in [5.41, 5.74) is 1.31. The average molecular weight is 864 g/mol. The minimum Gasteiger partial charge on any atom is -0.360 e. The van der Waals surface area contributed by atoms with Crippen molar-refractivity contribution in [2.45, 2.75) is 85.2 Å². The second kappa shape index (κ2) is 17.2. The van der Waals surface area contributed by atoms with Crippen LogP contribution in [0.5, 0.6) is 0 Å². The first-order valence-corrected chi connectivity index (χ1v) is 19.3. The van der Waals surface area contributed by atoms with Gasteiger partial charge < -0.3 is 24.8 Å². The Labute approximate surface area is 364 Å². The van der Waals surface area contributed by atoms with Gasteiger partial charge in [0.25, 0.3) is 29.4 Å². The van der Waals surface area contributed by atoms with E-state index in [4.69, 9.17) is 37.6 Å². The lowest BCUT2D eigenvalue weighted by molar-refractivity contribution is -0.124. The number of benzene rings is 2. The van der Waals surface area contributed by atoms with Crippen LogP contribution in [0.1, 0.15) is 92.1 Å². The summed E-state index contributed by atoms with van der Waals surface area (Å²) in [4.78, 5) is 71.3. The molecule has 8 rings (SSSR count). The third-order valence-corrected chi connectivity index (χ3v) is 12.0. The van der Waals surface area contributed by atoms with Crippen LogP contribution in [0.3, 0.4) is 0 Å². The maximum atomic E-state index is 14.6. The molecule has 0 atom stereocenters. The van der Waals surface area contributed by atoms with Crippen LogP contribution in [-0.2, 0) is 9.59 Å². The third kappa shape index (κ3) is 7.27. The maximum absolute atomic E-state index is 14.6. The van der Waals surface area contributed by atoms with Crippen LogP contribution < -0.4 is 24.9 Å². The number of hydrogen-bond donors (Lipinski definition) is 1. The number of Topliss-reactive ketones (excluding diaryl/α,β-unsaturated/α-hetero) is 1. The standard InChI is InChI=1S/C21H18FN5O2S.C21H17FN4O2S.2CH4/c1-12-9-14(11-25-17(12)23-2)26-19(29)21(7-4-8-21)27(20(26)30)13-5-6-15(16(22)10-13)18(28)24-3;1-12-9-15(11-24-18(12)23-3)25-19(28)21(7-4-8-21)26(20(25)29)14-5-6-16(13(2)27)17(22)10-14;;/h5-6,9-11H,4,7-8H2,1,3H3,(H,24,28);5-6,9-11H,4,7-8H2,1-2H3;2*1H4. The number of ketones is 1. The van der Waals surface area contributed by atoms with Crippen molar-refractivity contribution in [3.63, 3.8) is 0 Å². The molecule has 4 heterocycles. The van der Waals surface area contributed by atoms with Gasteiger partial charge in [0.1, 0.15) is 35.1 Å². The van der Waals surface area contributed by atoms with E-state index in [2.05, 4.69) is 25.0 Å². The SMILES string of the molecule is C.C.[C-]#[N+]c1ncc(N2C(=O)C3(CCC3)N(c3ccc(C(=O)NC)c(F)c3)C2=S)cc1C.[C-]#[N+]c1ncc(N2C(=O)C3(CCC3)N(c3ccc(C(C)=O)c(F)c3)C2=S)cc1C. The Morgan fingerprint density at radius 2 is 1.10 bits per heavy atom. The Morgan fingerprint density at radius 3 is 1.39 bits per heavy atom. The van der Waals surface area contributed by atoms with E-state index >= 15 is 0 Å². The zero-order valence-electron chi connectivity index (χ0n) is 32.3. The van der Waals surface area contributed by atoms with E-state index < -0.39 is 28.6 Å². The molecule has 17 heteroatoms. The third-order valence-electron chi connectivity index (χ3n) is 11.3. The summed E-state index contributed by atoms with van der Waals surface area (Å²) >= 11 is 11.3. The van der Waals surface area contributed by atoms with Crippen molar-refractivity contribution >= 4 is 92.6 Å². The molecule has 0 radical (unpaired) electrons. The number of carbonyl (C=O) groups is 4. The van der Waals surface area contributed by atoms with Gasteiger partial charge in [-0.15, -0.1) is 9.97 Å². The lowest BCUT2D eigenvalue weighted by Gasteiger charge is -2.43. The lowest BCUT2D eigenvalue weighted by atomic mass is 9.75. The highest BCUT2D eigenvalue weighted by molar-refractivity contribution is 7.81. The molecule has 2 saturated heterocycles. The molecule has 3 amide bonds. The van der Waals surface area contributed by atoms with Crippen molar-refractivity contribution in [1.29, 1.82) is 0 Å². The number of carbonyl (C=O) groups excluding carboxylic acids is 4. The van der Waals surface area contributed by atoms with E-state index in [1.165, 1.54) is 60.4 Å². The zero-order chi connectivity index (χ0) is 42.6. The van der Waals surface area contributed by atoms with Crippen LogP contribution in [-0.4, -0.2) is 61.8 Å². The summed E-state index contributed by atoms with van der Waals surface area (Å²) in [6.45, 7) is 19.1. The highest BCUT2D eigenvalue weighted by Gasteiger charge is 2.61. The van der Waals surface area contributed by atoms with Gasteiger partial charge in [-0.25, -0.2) is 8.78 Å². The monoisotopic (exact) mass is 863 g/mol. The number of anilines is 4. The number of thiocarbonyl (C=S) groups is 2. The lowest BCUT2D eigenvalue weighted by Crippen LogP contribution is -2.55. The first-order chi connectivity index (χ1) is 28.1. The van der Waals surface area contributed by atoms with E-state index in [1.807, 2.05) is 0 Å². The Balaban J connectivity index is 0.000000224. The Kier molecular flexibility index (Phi) is 12.8. The molecule has 2 spiro atoms. The van der Waals surface area contributed by atoms with Gasteiger partial charge in [0, 0.05) is 18.4 Å². The first-order valence-electron chi connectivity index (χ1n) is 18.5. The molecule has 0 bridgehead atoms. The fraction of sp³-hybridized carbons (Fsp3) is 0.318. The van der Waals surface area contributed by atoms with Gasteiger partial charge in [-0.05, 0) is 143 Å². The largest absolute Gasteiger partial charge is 0.360 e. The van der Waals surface area contributed by atoms with Crippen LogP contribution in [0.25, 0.3) is 9.69 Å². The van der Waals surface area contributed by atoms with Crippen LogP contribution in [0.15, 0.2) is 60.9 Å². The number of nitrogens with zero attached hydrogens (tertiary/aromatic N) is 8. The fourth-order valence-corrected chi connectivity index (χ4v) is 8.83. The molecular formula is C44H43F2N9O4S2. The van der Waals surface area contributed by atoms with Gasteiger partial charge in [-0.3, -0.25) is 29.0 Å². The number of rotatable bonds is 6.